The first-order chi connectivity index (χ1) is 13.9. The molecule has 1 N–H and O–H groups in total. The van der Waals surface area contributed by atoms with Crippen molar-refractivity contribution in [2.24, 2.45) is 0 Å². The number of nitrogens with zero attached hydrogens (tertiary/aromatic N) is 2. The third-order valence-corrected chi connectivity index (χ3v) is 5.12. The molecule has 0 spiro atoms. The summed E-state index contributed by atoms with van der Waals surface area (Å²) >= 11 is 0. The Kier molecular flexibility index (Phi) is 5.13. The van der Waals surface area contributed by atoms with Gasteiger partial charge in [-0.3, -0.25) is 4.79 Å². The lowest BCUT2D eigenvalue weighted by Gasteiger charge is -2.31. The van der Waals surface area contributed by atoms with Crippen LogP contribution in [0.1, 0.15) is 28.0 Å². The number of nitrogens with one attached hydrogen (secondary N) is 1. The van der Waals surface area contributed by atoms with Crippen molar-refractivity contribution in [3.8, 4) is 0 Å². The minimum atomic E-state index is -4.61. The molecule has 29 heavy (non-hydrogen) atoms. The summed E-state index contributed by atoms with van der Waals surface area (Å²) < 4.78 is 39.6. The van der Waals surface area contributed by atoms with Crippen LogP contribution in [0.3, 0.4) is 0 Å². The Labute approximate surface area is 166 Å². The van der Waals surface area contributed by atoms with Crippen molar-refractivity contribution in [3.05, 3.63) is 71.4 Å². The number of para-hydroxylation sites is 2. The second-order valence-electron chi connectivity index (χ2n) is 7.05. The molecule has 0 saturated carbocycles. The van der Waals surface area contributed by atoms with E-state index in [0.29, 0.717) is 18.5 Å². The van der Waals surface area contributed by atoms with Gasteiger partial charge < -0.3 is 10.2 Å². The van der Waals surface area contributed by atoms with Crippen LogP contribution < -0.4 is 10.2 Å². The van der Waals surface area contributed by atoms with Crippen LogP contribution >= 0.6 is 0 Å². The summed E-state index contributed by atoms with van der Waals surface area (Å²) in [6, 6.07) is 15.3. The number of hydrogen-bond acceptors (Lipinski definition) is 3. The lowest BCUT2D eigenvalue weighted by Crippen LogP contribution is -2.37. The predicted molar refractivity (Wildman–Crippen MR) is 106 cm³/mol. The lowest BCUT2D eigenvalue weighted by atomic mass is 10.0. The largest absolute Gasteiger partial charge is 0.433 e. The van der Waals surface area contributed by atoms with Gasteiger partial charge in [-0.25, -0.2) is 4.98 Å². The summed E-state index contributed by atoms with van der Waals surface area (Å²) in [5.41, 5.74) is 1.51. The van der Waals surface area contributed by atoms with Gasteiger partial charge in [0.05, 0.1) is 11.1 Å². The van der Waals surface area contributed by atoms with Gasteiger partial charge in [-0.05, 0) is 36.6 Å². The maximum Gasteiger partial charge on any atom is 0.433 e. The van der Waals surface area contributed by atoms with Gasteiger partial charge in [0.15, 0.2) is 0 Å². The van der Waals surface area contributed by atoms with Gasteiger partial charge in [-0.15, -0.1) is 0 Å². The van der Waals surface area contributed by atoms with Crippen LogP contribution in [0.25, 0.3) is 10.9 Å². The summed E-state index contributed by atoms with van der Waals surface area (Å²) in [6.45, 7) is 1.83. The fourth-order valence-corrected chi connectivity index (χ4v) is 3.75. The SMILES string of the molecule is O=C(NCCN1CCCc2ccccc21)c1cc(C(F)(F)F)nc2ccccc12. The zero-order valence-corrected chi connectivity index (χ0v) is 15.7. The van der Waals surface area contributed by atoms with Crippen molar-refractivity contribution in [1.29, 1.82) is 0 Å². The zero-order chi connectivity index (χ0) is 20.4. The molecule has 1 aliphatic rings. The number of fused-ring (bicyclic) bond motifs is 2. The molecule has 0 atom stereocenters. The highest BCUT2D eigenvalue weighted by molar-refractivity contribution is 6.06. The second kappa shape index (κ2) is 7.73. The number of alkyl halides is 3. The molecule has 2 heterocycles. The Bertz CT molecular complexity index is 1050. The Morgan fingerprint density at radius 3 is 2.69 bits per heavy atom. The molecule has 7 heteroatoms. The summed E-state index contributed by atoms with van der Waals surface area (Å²) in [7, 11) is 0. The molecule has 4 rings (SSSR count). The van der Waals surface area contributed by atoms with Gasteiger partial charge in [0.25, 0.3) is 5.91 Å². The van der Waals surface area contributed by atoms with E-state index in [1.807, 2.05) is 12.1 Å². The molecule has 0 unspecified atom stereocenters. The highest BCUT2D eigenvalue weighted by atomic mass is 19.4. The zero-order valence-electron chi connectivity index (χ0n) is 15.7. The topological polar surface area (TPSA) is 45.2 Å². The van der Waals surface area contributed by atoms with Crippen LogP contribution in [-0.4, -0.2) is 30.5 Å². The lowest BCUT2D eigenvalue weighted by molar-refractivity contribution is -0.140. The number of anilines is 1. The van der Waals surface area contributed by atoms with Gasteiger partial charge in [0.2, 0.25) is 0 Å². The molecule has 150 valence electrons. The first-order valence-electron chi connectivity index (χ1n) is 9.51. The van der Waals surface area contributed by atoms with Crippen molar-refractivity contribution in [2.45, 2.75) is 19.0 Å². The molecular weight excluding hydrogens is 379 g/mol. The van der Waals surface area contributed by atoms with Crippen LogP contribution in [0.5, 0.6) is 0 Å². The fourth-order valence-electron chi connectivity index (χ4n) is 3.75. The maximum absolute atomic E-state index is 13.2. The molecule has 0 radical (unpaired) electrons. The van der Waals surface area contributed by atoms with E-state index in [1.54, 1.807) is 18.2 Å². The van der Waals surface area contributed by atoms with Gasteiger partial charge in [0.1, 0.15) is 5.69 Å². The van der Waals surface area contributed by atoms with Crippen molar-refractivity contribution in [1.82, 2.24) is 10.3 Å². The summed E-state index contributed by atoms with van der Waals surface area (Å²) in [5.74, 6) is -0.528. The van der Waals surface area contributed by atoms with E-state index in [2.05, 4.69) is 27.3 Å². The summed E-state index contributed by atoms with van der Waals surface area (Å²) in [5, 5.41) is 3.18. The quantitative estimate of drug-likeness (QED) is 0.706. The Balaban J connectivity index is 1.51. The van der Waals surface area contributed by atoms with E-state index in [0.717, 1.165) is 31.1 Å². The molecule has 0 bridgehead atoms. The number of aromatic nitrogens is 1. The Morgan fingerprint density at radius 2 is 1.86 bits per heavy atom. The van der Waals surface area contributed by atoms with E-state index in [-0.39, 0.29) is 11.1 Å². The molecule has 4 nitrogen and oxygen atoms in total. The third-order valence-electron chi connectivity index (χ3n) is 5.12. The standard InChI is InChI=1S/C22H20F3N3O/c23-22(24,25)20-14-17(16-8-2-3-9-18(16)27-20)21(29)26-11-13-28-12-5-7-15-6-1-4-10-19(15)28/h1-4,6,8-10,14H,5,7,11-13H2,(H,26,29). The Morgan fingerprint density at radius 1 is 1.10 bits per heavy atom. The molecule has 2 aromatic carbocycles. The van der Waals surface area contributed by atoms with Crippen LogP contribution in [-0.2, 0) is 12.6 Å². The smallest absolute Gasteiger partial charge is 0.370 e. The number of hydrogen-bond donors (Lipinski definition) is 1. The number of amides is 1. The molecule has 0 saturated heterocycles. The Hall–Kier alpha value is -3.09. The number of carbonyl (C=O) groups is 1. The predicted octanol–water partition coefficient (Wildman–Crippen LogP) is 4.44. The number of benzene rings is 2. The first kappa shape index (κ1) is 19.2. The van der Waals surface area contributed by atoms with E-state index in [1.165, 1.54) is 11.6 Å². The van der Waals surface area contributed by atoms with Gasteiger partial charge in [0, 0.05) is 30.7 Å². The molecule has 0 aliphatic carbocycles. The van der Waals surface area contributed by atoms with E-state index < -0.39 is 17.8 Å². The number of halogens is 3. The van der Waals surface area contributed by atoms with Gasteiger partial charge in [-0.2, -0.15) is 13.2 Å². The minimum Gasteiger partial charge on any atom is -0.370 e. The highest BCUT2D eigenvalue weighted by Gasteiger charge is 2.34. The molecule has 1 aliphatic heterocycles. The van der Waals surface area contributed by atoms with E-state index >= 15 is 0 Å². The molecule has 1 aromatic heterocycles. The molecule has 1 amide bonds. The van der Waals surface area contributed by atoms with E-state index in [4.69, 9.17) is 0 Å². The third kappa shape index (κ3) is 4.04. The number of pyridine rings is 1. The van der Waals surface area contributed by atoms with Gasteiger partial charge >= 0.3 is 6.18 Å². The van der Waals surface area contributed by atoms with Crippen molar-refractivity contribution in [2.75, 3.05) is 24.5 Å². The average molecular weight is 399 g/mol. The summed E-state index contributed by atoms with van der Waals surface area (Å²) in [4.78, 5) is 18.6. The monoisotopic (exact) mass is 399 g/mol. The van der Waals surface area contributed by atoms with Gasteiger partial charge in [-0.1, -0.05) is 36.4 Å². The van der Waals surface area contributed by atoms with Crippen molar-refractivity contribution in [3.63, 3.8) is 0 Å². The minimum absolute atomic E-state index is 0.0121. The maximum atomic E-state index is 13.2. The molecular formula is C22H20F3N3O. The van der Waals surface area contributed by atoms with E-state index in [9.17, 15) is 18.0 Å². The number of carbonyl (C=O) groups excluding carboxylic acids is 1. The van der Waals surface area contributed by atoms with Crippen LogP contribution in [0.15, 0.2) is 54.6 Å². The van der Waals surface area contributed by atoms with Crippen LogP contribution in [0.2, 0.25) is 0 Å². The normalized spacial score (nSPS) is 14.0. The first-order valence-corrected chi connectivity index (χ1v) is 9.51. The average Bonchev–Trinajstić information content (AvgIpc) is 2.72. The molecule has 0 fully saturated rings. The fraction of sp³-hybridized carbons (Fsp3) is 0.273. The van der Waals surface area contributed by atoms with Crippen LogP contribution in [0, 0.1) is 0 Å². The second-order valence-corrected chi connectivity index (χ2v) is 7.05. The highest BCUT2D eigenvalue weighted by Crippen LogP contribution is 2.31. The van der Waals surface area contributed by atoms with Crippen LogP contribution in [0.4, 0.5) is 18.9 Å². The number of aryl methyl sites for hydroxylation is 1. The van der Waals surface area contributed by atoms with Crippen molar-refractivity contribution < 1.29 is 18.0 Å². The van der Waals surface area contributed by atoms with Crippen molar-refractivity contribution >= 4 is 22.5 Å². The summed E-state index contributed by atoms with van der Waals surface area (Å²) in [6.07, 6.45) is -2.55. The number of rotatable bonds is 4. The molecule has 3 aromatic rings.